The lowest BCUT2D eigenvalue weighted by Gasteiger charge is -2.37. The summed E-state index contributed by atoms with van der Waals surface area (Å²) in [6.07, 6.45) is 4.53. The molecule has 1 unspecified atom stereocenters. The molecule has 2 aromatic carbocycles. The van der Waals surface area contributed by atoms with Crippen molar-refractivity contribution in [2.75, 3.05) is 0 Å². The molecule has 0 bridgehead atoms. The standard InChI is InChI=1S/C19H21ClO/c1-19(2)12-6-5-9-16(19)18(21)15-10-11-17(20)14-8-4-3-7-13(14)15/h3-4,7-8,10-11,16H,5-6,9,12H2,1-2H3. The Morgan fingerprint density at radius 1 is 1.10 bits per heavy atom. The van der Waals surface area contributed by atoms with Gasteiger partial charge in [0.25, 0.3) is 0 Å². The summed E-state index contributed by atoms with van der Waals surface area (Å²) < 4.78 is 0. The van der Waals surface area contributed by atoms with Crippen LogP contribution in [0.1, 0.15) is 49.9 Å². The molecule has 1 aliphatic carbocycles. The lowest BCUT2D eigenvalue weighted by molar-refractivity contribution is 0.0699. The molecule has 0 heterocycles. The van der Waals surface area contributed by atoms with E-state index in [4.69, 9.17) is 11.6 Å². The molecule has 1 atom stereocenters. The second kappa shape index (κ2) is 5.46. The molecule has 2 aromatic rings. The minimum atomic E-state index is 0.0933. The monoisotopic (exact) mass is 300 g/mol. The van der Waals surface area contributed by atoms with Crippen LogP contribution in [0.4, 0.5) is 0 Å². The van der Waals surface area contributed by atoms with E-state index in [1.165, 1.54) is 6.42 Å². The SMILES string of the molecule is CC1(C)CCCCC1C(=O)c1ccc(Cl)c2ccccc12. The van der Waals surface area contributed by atoms with Gasteiger partial charge in [-0.25, -0.2) is 0 Å². The topological polar surface area (TPSA) is 17.1 Å². The molecule has 0 spiro atoms. The number of ketones is 1. The summed E-state index contributed by atoms with van der Waals surface area (Å²) in [5.41, 5.74) is 0.922. The zero-order valence-electron chi connectivity index (χ0n) is 12.7. The summed E-state index contributed by atoms with van der Waals surface area (Å²) in [5.74, 6) is 0.406. The van der Waals surface area contributed by atoms with Crippen LogP contribution < -0.4 is 0 Å². The van der Waals surface area contributed by atoms with E-state index in [-0.39, 0.29) is 17.1 Å². The van der Waals surface area contributed by atoms with Gasteiger partial charge in [0.15, 0.2) is 5.78 Å². The summed E-state index contributed by atoms with van der Waals surface area (Å²) in [4.78, 5) is 13.1. The zero-order chi connectivity index (χ0) is 15.0. The predicted molar refractivity (Wildman–Crippen MR) is 89.0 cm³/mol. The third-order valence-electron chi connectivity index (χ3n) is 4.96. The highest BCUT2D eigenvalue weighted by Crippen LogP contribution is 2.43. The van der Waals surface area contributed by atoms with E-state index in [1.54, 1.807) is 0 Å². The van der Waals surface area contributed by atoms with Crippen LogP contribution in [0, 0.1) is 11.3 Å². The van der Waals surface area contributed by atoms with Crippen molar-refractivity contribution in [3.8, 4) is 0 Å². The molecule has 1 fully saturated rings. The van der Waals surface area contributed by atoms with Gasteiger partial charge in [-0.1, -0.05) is 62.6 Å². The Morgan fingerprint density at radius 3 is 2.52 bits per heavy atom. The first kappa shape index (κ1) is 14.6. The fourth-order valence-corrected chi connectivity index (χ4v) is 3.87. The quantitative estimate of drug-likeness (QED) is 0.632. The Morgan fingerprint density at radius 2 is 1.81 bits per heavy atom. The molecule has 0 radical (unpaired) electrons. The van der Waals surface area contributed by atoms with Crippen LogP contribution in [0.25, 0.3) is 10.8 Å². The Balaban J connectivity index is 2.08. The van der Waals surface area contributed by atoms with Crippen molar-refractivity contribution in [2.24, 2.45) is 11.3 Å². The Hall–Kier alpha value is -1.34. The number of hydrogen-bond acceptors (Lipinski definition) is 1. The summed E-state index contributed by atoms with van der Waals surface area (Å²) in [7, 11) is 0. The lowest BCUT2D eigenvalue weighted by atomic mass is 9.66. The average Bonchev–Trinajstić information content (AvgIpc) is 2.47. The normalized spacial score (nSPS) is 21.4. The summed E-state index contributed by atoms with van der Waals surface area (Å²) in [6, 6.07) is 11.7. The Kier molecular flexibility index (Phi) is 3.79. The first-order valence-corrected chi connectivity index (χ1v) is 8.10. The van der Waals surface area contributed by atoms with E-state index in [9.17, 15) is 4.79 Å². The van der Waals surface area contributed by atoms with Gasteiger partial charge in [-0.3, -0.25) is 4.79 Å². The smallest absolute Gasteiger partial charge is 0.167 e. The molecule has 110 valence electrons. The first-order valence-electron chi connectivity index (χ1n) is 7.72. The molecule has 0 aliphatic heterocycles. The van der Waals surface area contributed by atoms with Gasteiger partial charge in [0.1, 0.15) is 0 Å². The largest absolute Gasteiger partial charge is 0.294 e. The van der Waals surface area contributed by atoms with Gasteiger partial charge in [0.2, 0.25) is 0 Å². The minimum Gasteiger partial charge on any atom is -0.294 e. The Bertz CT molecular complexity index is 687. The van der Waals surface area contributed by atoms with Crippen molar-refractivity contribution in [1.82, 2.24) is 0 Å². The fraction of sp³-hybridized carbons (Fsp3) is 0.421. The van der Waals surface area contributed by atoms with E-state index in [0.717, 1.165) is 35.6 Å². The third kappa shape index (κ3) is 2.60. The number of Topliss-reactive ketones (excluding diaryl/α,β-unsaturated/α-hetero) is 1. The molecule has 1 nitrogen and oxygen atoms in total. The maximum absolute atomic E-state index is 13.1. The number of rotatable bonds is 2. The van der Waals surface area contributed by atoms with Crippen molar-refractivity contribution < 1.29 is 4.79 Å². The van der Waals surface area contributed by atoms with E-state index < -0.39 is 0 Å². The molecule has 3 rings (SSSR count). The van der Waals surface area contributed by atoms with Gasteiger partial charge in [-0.05, 0) is 35.8 Å². The minimum absolute atomic E-state index is 0.0933. The van der Waals surface area contributed by atoms with Gasteiger partial charge in [0.05, 0.1) is 0 Å². The average molecular weight is 301 g/mol. The fourth-order valence-electron chi connectivity index (χ4n) is 3.64. The summed E-state index contributed by atoms with van der Waals surface area (Å²) >= 11 is 6.26. The molecule has 1 aliphatic rings. The maximum atomic E-state index is 13.1. The molecule has 0 N–H and O–H groups in total. The highest BCUT2D eigenvalue weighted by Gasteiger charge is 2.37. The van der Waals surface area contributed by atoms with E-state index in [2.05, 4.69) is 13.8 Å². The molecular formula is C19H21ClO. The molecule has 1 saturated carbocycles. The predicted octanol–water partition coefficient (Wildman–Crippen LogP) is 5.89. The number of benzene rings is 2. The third-order valence-corrected chi connectivity index (χ3v) is 5.29. The van der Waals surface area contributed by atoms with Crippen molar-refractivity contribution in [1.29, 1.82) is 0 Å². The van der Waals surface area contributed by atoms with Gasteiger partial charge in [-0.15, -0.1) is 0 Å². The summed E-state index contributed by atoms with van der Waals surface area (Å²) in [5, 5.41) is 2.67. The Labute approximate surface area is 131 Å². The van der Waals surface area contributed by atoms with E-state index in [0.29, 0.717) is 5.02 Å². The molecule has 2 heteroatoms. The molecule has 21 heavy (non-hydrogen) atoms. The van der Waals surface area contributed by atoms with Crippen LogP contribution in [0.2, 0.25) is 5.02 Å². The van der Waals surface area contributed by atoms with E-state index in [1.807, 2.05) is 36.4 Å². The second-order valence-electron chi connectivity index (χ2n) is 6.79. The number of carbonyl (C=O) groups excluding carboxylic acids is 1. The van der Waals surface area contributed by atoms with E-state index >= 15 is 0 Å². The van der Waals surface area contributed by atoms with Crippen molar-refractivity contribution >= 4 is 28.2 Å². The first-order chi connectivity index (χ1) is 10.0. The molecule has 0 aromatic heterocycles. The van der Waals surface area contributed by atoms with Crippen LogP contribution in [-0.2, 0) is 0 Å². The highest BCUT2D eigenvalue weighted by molar-refractivity contribution is 6.36. The van der Waals surface area contributed by atoms with Gasteiger partial charge < -0.3 is 0 Å². The molecular weight excluding hydrogens is 280 g/mol. The zero-order valence-corrected chi connectivity index (χ0v) is 13.4. The van der Waals surface area contributed by atoms with Crippen LogP contribution >= 0.6 is 11.6 Å². The van der Waals surface area contributed by atoms with Gasteiger partial charge >= 0.3 is 0 Å². The lowest BCUT2D eigenvalue weighted by Crippen LogP contribution is -2.34. The molecule has 0 amide bonds. The maximum Gasteiger partial charge on any atom is 0.167 e. The second-order valence-corrected chi connectivity index (χ2v) is 7.20. The number of fused-ring (bicyclic) bond motifs is 1. The number of hydrogen-bond donors (Lipinski definition) is 0. The van der Waals surface area contributed by atoms with Gasteiger partial charge in [-0.2, -0.15) is 0 Å². The van der Waals surface area contributed by atoms with Crippen molar-refractivity contribution in [3.05, 3.63) is 47.0 Å². The van der Waals surface area contributed by atoms with Crippen molar-refractivity contribution in [2.45, 2.75) is 39.5 Å². The van der Waals surface area contributed by atoms with Crippen LogP contribution in [0.3, 0.4) is 0 Å². The van der Waals surface area contributed by atoms with Crippen LogP contribution in [0.5, 0.6) is 0 Å². The van der Waals surface area contributed by atoms with Gasteiger partial charge in [0, 0.05) is 21.9 Å². The highest BCUT2D eigenvalue weighted by atomic mass is 35.5. The molecule has 0 saturated heterocycles. The van der Waals surface area contributed by atoms with Crippen molar-refractivity contribution in [3.63, 3.8) is 0 Å². The van der Waals surface area contributed by atoms with Crippen LogP contribution in [-0.4, -0.2) is 5.78 Å². The van der Waals surface area contributed by atoms with Crippen LogP contribution in [0.15, 0.2) is 36.4 Å². The number of carbonyl (C=O) groups is 1. The summed E-state index contributed by atoms with van der Waals surface area (Å²) in [6.45, 7) is 4.46. The number of halogens is 1.